The van der Waals surface area contributed by atoms with E-state index in [1.807, 2.05) is 13.8 Å². The van der Waals surface area contributed by atoms with E-state index in [9.17, 15) is 9.59 Å². The van der Waals surface area contributed by atoms with Gasteiger partial charge in [-0.3, -0.25) is 0 Å². The van der Waals surface area contributed by atoms with Gasteiger partial charge in [0, 0.05) is 12.2 Å². The molecule has 0 atom stereocenters. The SMILES string of the molecule is CC(C)COC(=O)/C=C/C(=O)OC1CCC(C(C)(C)C)CC1. The molecule has 0 N–H and O–H groups in total. The molecule has 1 fully saturated rings. The molecule has 22 heavy (non-hydrogen) atoms. The molecule has 0 aliphatic heterocycles. The normalized spacial score (nSPS) is 22.8. The molecule has 1 rings (SSSR count). The van der Waals surface area contributed by atoms with Crippen molar-refractivity contribution in [1.29, 1.82) is 0 Å². The number of esters is 2. The van der Waals surface area contributed by atoms with Crippen molar-refractivity contribution in [2.75, 3.05) is 6.61 Å². The lowest BCUT2D eigenvalue weighted by Crippen LogP contribution is -2.30. The highest BCUT2D eigenvalue weighted by molar-refractivity contribution is 5.91. The quantitative estimate of drug-likeness (QED) is 0.571. The van der Waals surface area contributed by atoms with Crippen molar-refractivity contribution >= 4 is 11.9 Å². The number of rotatable bonds is 5. The third kappa shape index (κ3) is 7.10. The van der Waals surface area contributed by atoms with E-state index in [1.54, 1.807) is 0 Å². The fourth-order valence-electron chi connectivity index (χ4n) is 2.68. The minimum absolute atomic E-state index is 0.0255. The van der Waals surface area contributed by atoms with Crippen molar-refractivity contribution in [2.24, 2.45) is 17.3 Å². The Morgan fingerprint density at radius 2 is 1.59 bits per heavy atom. The summed E-state index contributed by atoms with van der Waals surface area (Å²) in [6.45, 7) is 11.0. The van der Waals surface area contributed by atoms with Crippen LogP contribution in [0.1, 0.15) is 60.3 Å². The summed E-state index contributed by atoms with van der Waals surface area (Å²) in [6, 6.07) is 0. The maximum Gasteiger partial charge on any atom is 0.331 e. The summed E-state index contributed by atoms with van der Waals surface area (Å²) in [7, 11) is 0. The molecule has 4 nitrogen and oxygen atoms in total. The summed E-state index contributed by atoms with van der Waals surface area (Å²) in [6.07, 6.45) is 6.26. The number of hydrogen-bond donors (Lipinski definition) is 0. The van der Waals surface area contributed by atoms with Gasteiger partial charge in [-0.1, -0.05) is 34.6 Å². The topological polar surface area (TPSA) is 52.6 Å². The summed E-state index contributed by atoms with van der Waals surface area (Å²) >= 11 is 0. The van der Waals surface area contributed by atoms with Crippen molar-refractivity contribution in [2.45, 2.75) is 66.4 Å². The van der Waals surface area contributed by atoms with Gasteiger partial charge < -0.3 is 9.47 Å². The summed E-state index contributed by atoms with van der Waals surface area (Å²) < 4.78 is 10.4. The molecule has 4 heteroatoms. The third-order valence-electron chi connectivity index (χ3n) is 4.10. The summed E-state index contributed by atoms with van der Waals surface area (Å²) in [5.74, 6) is 0.00843. The smallest absolute Gasteiger partial charge is 0.331 e. The zero-order valence-corrected chi connectivity index (χ0v) is 14.6. The van der Waals surface area contributed by atoms with Crippen molar-refractivity contribution in [3.05, 3.63) is 12.2 Å². The number of carbonyl (C=O) groups excluding carboxylic acids is 2. The van der Waals surface area contributed by atoms with E-state index in [-0.39, 0.29) is 12.0 Å². The summed E-state index contributed by atoms with van der Waals surface area (Å²) in [4.78, 5) is 23.1. The molecular weight excluding hydrogens is 280 g/mol. The highest BCUT2D eigenvalue weighted by Crippen LogP contribution is 2.38. The lowest BCUT2D eigenvalue weighted by molar-refractivity contribution is -0.146. The minimum Gasteiger partial charge on any atom is -0.462 e. The molecule has 1 aliphatic rings. The largest absolute Gasteiger partial charge is 0.462 e. The number of hydrogen-bond acceptors (Lipinski definition) is 4. The van der Waals surface area contributed by atoms with Gasteiger partial charge >= 0.3 is 11.9 Å². The van der Waals surface area contributed by atoms with Crippen LogP contribution in [0.15, 0.2) is 12.2 Å². The van der Waals surface area contributed by atoms with Crippen LogP contribution in [0.3, 0.4) is 0 Å². The third-order valence-corrected chi connectivity index (χ3v) is 4.10. The molecule has 0 heterocycles. The van der Waals surface area contributed by atoms with Gasteiger partial charge in [-0.05, 0) is 42.9 Å². The van der Waals surface area contributed by atoms with E-state index in [0.717, 1.165) is 31.8 Å². The maximum atomic E-state index is 11.7. The van der Waals surface area contributed by atoms with Gasteiger partial charge in [-0.25, -0.2) is 9.59 Å². The van der Waals surface area contributed by atoms with Gasteiger partial charge in [0.05, 0.1) is 6.61 Å². The lowest BCUT2D eigenvalue weighted by atomic mass is 9.72. The maximum absolute atomic E-state index is 11.7. The molecule has 0 spiro atoms. The van der Waals surface area contributed by atoms with Crippen LogP contribution in [0.5, 0.6) is 0 Å². The molecule has 1 aliphatic carbocycles. The average Bonchev–Trinajstić information content (AvgIpc) is 2.42. The number of carbonyl (C=O) groups is 2. The minimum atomic E-state index is -0.498. The second kappa shape index (κ2) is 8.35. The molecule has 1 saturated carbocycles. The fourth-order valence-corrected chi connectivity index (χ4v) is 2.68. The van der Waals surface area contributed by atoms with Crippen LogP contribution in [-0.4, -0.2) is 24.6 Å². The molecule has 0 saturated heterocycles. The highest BCUT2D eigenvalue weighted by atomic mass is 16.5. The summed E-state index contributed by atoms with van der Waals surface area (Å²) in [5, 5.41) is 0. The Balaban J connectivity index is 2.30. The highest BCUT2D eigenvalue weighted by Gasteiger charge is 2.30. The molecular formula is C18H30O4. The van der Waals surface area contributed by atoms with E-state index in [2.05, 4.69) is 20.8 Å². The van der Waals surface area contributed by atoms with Crippen molar-refractivity contribution < 1.29 is 19.1 Å². The van der Waals surface area contributed by atoms with Crippen LogP contribution in [0.2, 0.25) is 0 Å². The van der Waals surface area contributed by atoms with Gasteiger partial charge in [-0.15, -0.1) is 0 Å². The molecule has 0 bridgehead atoms. The predicted octanol–water partition coefficient (Wildman–Crippen LogP) is 3.89. The van der Waals surface area contributed by atoms with Gasteiger partial charge in [0.25, 0.3) is 0 Å². The van der Waals surface area contributed by atoms with Crippen LogP contribution in [0.4, 0.5) is 0 Å². The Labute approximate surface area is 134 Å². The first-order chi connectivity index (χ1) is 10.2. The van der Waals surface area contributed by atoms with Crippen LogP contribution in [-0.2, 0) is 19.1 Å². The molecule has 0 unspecified atom stereocenters. The van der Waals surface area contributed by atoms with Gasteiger partial charge in [0.15, 0.2) is 0 Å². The molecule has 0 aromatic rings. The van der Waals surface area contributed by atoms with E-state index in [1.165, 1.54) is 6.08 Å². The molecule has 126 valence electrons. The van der Waals surface area contributed by atoms with E-state index in [0.29, 0.717) is 17.9 Å². The van der Waals surface area contributed by atoms with Crippen molar-refractivity contribution in [1.82, 2.24) is 0 Å². The Morgan fingerprint density at radius 1 is 1.05 bits per heavy atom. The second-order valence-electron chi connectivity index (χ2n) is 7.63. The fraction of sp³-hybridized carbons (Fsp3) is 0.778. The van der Waals surface area contributed by atoms with Crippen LogP contribution in [0.25, 0.3) is 0 Å². The molecule has 0 radical (unpaired) electrons. The molecule has 0 aromatic carbocycles. The summed E-state index contributed by atoms with van der Waals surface area (Å²) in [5.41, 5.74) is 0.315. The Morgan fingerprint density at radius 3 is 2.09 bits per heavy atom. The van der Waals surface area contributed by atoms with Crippen LogP contribution in [0, 0.1) is 17.3 Å². The number of ether oxygens (including phenoxy) is 2. The monoisotopic (exact) mass is 310 g/mol. The predicted molar refractivity (Wildman–Crippen MR) is 86.2 cm³/mol. The van der Waals surface area contributed by atoms with E-state index in [4.69, 9.17) is 9.47 Å². The van der Waals surface area contributed by atoms with Gasteiger partial charge in [0.1, 0.15) is 6.10 Å². The van der Waals surface area contributed by atoms with Crippen LogP contribution < -0.4 is 0 Å². The van der Waals surface area contributed by atoms with E-state index >= 15 is 0 Å². The Kier molecular flexibility index (Phi) is 7.11. The first-order valence-corrected chi connectivity index (χ1v) is 8.24. The Hall–Kier alpha value is -1.32. The molecule has 0 aromatic heterocycles. The lowest BCUT2D eigenvalue weighted by Gasteiger charge is -2.36. The molecule has 0 amide bonds. The van der Waals surface area contributed by atoms with Gasteiger partial charge in [-0.2, -0.15) is 0 Å². The first kappa shape index (κ1) is 18.7. The average molecular weight is 310 g/mol. The van der Waals surface area contributed by atoms with E-state index < -0.39 is 11.9 Å². The van der Waals surface area contributed by atoms with Crippen LogP contribution >= 0.6 is 0 Å². The zero-order chi connectivity index (χ0) is 16.8. The zero-order valence-electron chi connectivity index (χ0n) is 14.6. The Bertz CT molecular complexity index is 396. The van der Waals surface area contributed by atoms with Crippen molar-refractivity contribution in [3.8, 4) is 0 Å². The first-order valence-electron chi connectivity index (χ1n) is 8.24. The second-order valence-corrected chi connectivity index (χ2v) is 7.63. The van der Waals surface area contributed by atoms with Gasteiger partial charge in [0.2, 0.25) is 0 Å². The van der Waals surface area contributed by atoms with Crippen molar-refractivity contribution in [3.63, 3.8) is 0 Å². The standard InChI is InChI=1S/C18H30O4/c1-13(2)12-21-16(19)10-11-17(20)22-15-8-6-14(7-9-15)18(3,4)5/h10-11,13-15H,6-9,12H2,1-5H3/b11-10+.